The molecule has 78 valence electrons. The molecular weight excluding hydrogens is 260 g/mol. The van der Waals surface area contributed by atoms with Gasteiger partial charge in [-0.25, -0.2) is 0 Å². The molecule has 1 rings (SSSR count). The molecule has 0 heterocycles. The van der Waals surface area contributed by atoms with Crippen molar-refractivity contribution in [2.75, 3.05) is 18.6 Å². The minimum absolute atomic E-state index is 0.238. The third-order valence-corrected chi connectivity index (χ3v) is 3.40. The standard InChI is InChI=1S/C11H15BrOS/c1-14-7-6-10(8-13)9-2-4-11(12)5-3-9/h2-5,10,13H,6-8H2,1H3. The van der Waals surface area contributed by atoms with E-state index in [9.17, 15) is 5.11 Å². The number of benzene rings is 1. The van der Waals surface area contributed by atoms with E-state index in [0.29, 0.717) is 0 Å². The molecule has 0 bridgehead atoms. The minimum Gasteiger partial charge on any atom is -0.396 e. The van der Waals surface area contributed by atoms with Gasteiger partial charge >= 0.3 is 0 Å². The predicted octanol–water partition coefficient (Wildman–Crippen LogP) is 3.28. The van der Waals surface area contributed by atoms with E-state index in [1.54, 1.807) is 0 Å². The average Bonchev–Trinajstić information content (AvgIpc) is 2.21. The van der Waals surface area contributed by atoms with E-state index in [4.69, 9.17) is 0 Å². The lowest BCUT2D eigenvalue weighted by Gasteiger charge is -2.13. The predicted molar refractivity (Wildman–Crippen MR) is 67.0 cm³/mol. The molecule has 1 atom stereocenters. The van der Waals surface area contributed by atoms with Crippen LogP contribution in [0.4, 0.5) is 0 Å². The molecule has 0 aromatic heterocycles. The van der Waals surface area contributed by atoms with Crippen molar-refractivity contribution in [1.82, 2.24) is 0 Å². The Balaban J connectivity index is 2.64. The van der Waals surface area contributed by atoms with Crippen LogP contribution in [0.2, 0.25) is 0 Å². The van der Waals surface area contributed by atoms with Crippen LogP contribution in [-0.4, -0.2) is 23.7 Å². The van der Waals surface area contributed by atoms with Crippen LogP contribution < -0.4 is 0 Å². The Labute approximate surface area is 98.0 Å². The Morgan fingerprint density at radius 2 is 2.00 bits per heavy atom. The van der Waals surface area contributed by atoms with Crippen molar-refractivity contribution in [2.24, 2.45) is 0 Å². The maximum absolute atomic E-state index is 9.25. The van der Waals surface area contributed by atoms with Gasteiger partial charge in [-0.15, -0.1) is 0 Å². The van der Waals surface area contributed by atoms with Gasteiger partial charge in [-0.3, -0.25) is 0 Å². The molecule has 0 amide bonds. The monoisotopic (exact) mass is 274 g/mol. The Kier molecular flexibility index (Phi) is 5.60. The molecule has 0 saturated heterocycles. The van der Waals surface area contributed by atoms with E-state index in [1.165, 1.54) is 5.56 Å². The van der Waals surface area contributed by atoms with E-state index in [1.807, 2.05) is 23.9 Å². The number of rotatable bonds is 5. The second-order valence-electron chi connectivity index (χ2n) is 3.21. The van der Waals surface area contributed by atoms with Gasteiger partial charge in [0.1, 0.15) is 0 Å². The molecule has 1 aromatic carbocycles. The summed E-state index contributed by atoms with van der Waals surface area (Å²) in [6, 6.07) is 8.20. The minimum atomic E-state index is 0.238. The smallest absolute Gasteiger partial charge is 0.0500 e. The lowest BCUT2D eigenvalue weighted by molar-refractivity contribution is 0.263. The molecule has 1 N–H and O–H groups in total. The summed E-state index contributed by atoms with van der Waals surface area (Å²) < 4.78 is 1.09. The first-order valence-electron chi connectivity index (χ1n) is 4.63. The summed E-state index contributed by atoms with van der Waals surface area (Å²) in [4.78, 5) is 0. The summed E-state index contributed by atoms with van der Waals surface area (Å²) in [6.45, 7) is 0.238. The maximum Gasteiger partial charge on any atom is 0.0500 e. The maximum atomic E-state index is 9.25. The van der Waals surface area contributed by atoms with Gasteiger partial charge in [-0.2, -0.15) is 11.8 Å². The summed E-state index contributed by atoms with van der Waals surface area (Å²) in [5.41, 5.74) is 1.23. The molecule has 0 fully saturated rings. The zero-order valence-corrected chi connectivity index (χ0v) is 10.6. The van der Waals surface area contributed by atoms with Gasteiger partial charge in [0, 0.05) is 17.0 Å². The Morgan fingerprint density at radius 1 is 1.36 bits per heavy atom. The fraction of sp³-hybridized carbons (Fsp3) is 0.455. The first kappa shape index (κ1) is 12.1. The number of hydrogen-bond acceptors (Lipinski definition) is 2. The first-order chi connectivity index (χ1) is 6.77. The molecule has 1 nitrogen and oxygen atoms in total. The quantitative estimate of drug-likeness (QED) is 0.890. The summed E-state index contributed by atoms with van der Waals surface area (Å²) >= 11 is 5.23. The molecule has 0 radical (unpaired) electrons. The molecule has 1 aromatic rings. The summed E-state index contributed by atoms with van der Waals surface area (Å²) in [5, 5.41) is 9.25. The molecule has 0 spiro atoms. The van der Waals surface area contributed by atoms with E-state index in [2.05, 4.69) is 34.3 Å². The SMILES string of the molecule is CSCCC(CO)c1ccc(Br)cc1. The molecule has 0 aliphatic rings. The van der Waals surface area contributed by atoms with Crippen LogP contribution in [0.15, 0.2) is 28.7 Å². The lowest BCUT2D eigenvalue weighted by atomic mass is 9.98. The fourth-order valence-electron chi connectivity index (χ4n) is 1.36. The molecule has 0 saturated carbocycles. The second-order valence-corrected chi connectivity index (χ2v) is 5.11. The molecule has 14 heavy (non-hydrogen) atoms. The van der Waals surface area contributed by atoms with Crippen LogP contribution >= 0.6 is 27.7 Å². The van der Waals surface area contributed by atoms with Gasteiger partial charge in [-0.1, -0.05) is 28.1 Å². The first-order valence-corrected chi connectivity index (χ1v) is 6.82. The number of thioether (sulfide) groups is 1. The zero-order valence-electron chi connectivity index (χ0n) is 8.24. The topological polar surface area (TPSA) is 20.2 Å². The fourth-order valence-corrected chi connectivity index (χ4v) is 2.14. The van der Waals surface area contributed by atoms with Crippen molar-refractivity contribution in [1.29, 1.82) is 0 Å². The second kappa shape index (κ2) is 6.49. The van der Waals surface area contributed by atoms with Gasteiger partial charge in [0.25, 0.3) is 0 Å². The van der Waals surface area contributed by atoms with Gasteiger partial charge < -0.3 is 5.11 Å². The third-order valence-electron chi connectivity index (χ3n) is 2.23. The van der Waals surface area contributed by atoms with Gasteiger partial charge in [0.15, 0.2) is 0 Å². The molecule has 0 aliphatic heterocycles. The van der Waals surface area contributed by atoms with Crippen LogP contribution in [-0.2, 0) is 0 Å². The molecule has 3 heteroatoms. The van der Waals surface area contributed by atoms with Crippen molar-refractivity contribution in [3.05, 3.63) is 34.3 Å². The summed E-state index contributed by atoms with van der Waals surface area (Å²) in [5.74, 6) is 1.39. The van der Waals surface area contributed by atoms with E-state index < -0.39 is 0 Å². The van der Waals surface area contributed by atoms with Crippen molar-refractivity contribution in [3.8, 4) is 0 Å². The molecule has 0 aliphatic carbocycles. The van der Waals surface area contributed by atoms with Crippen molar-refractivity contribution in [3.63, 3.8) is 0 Å². The van der Waals surface area contributed by atoms with Gasteiger partial charge in [0.2, 0.25) is 0 Å². The van der Waals surface area contributed by atoms with Gasteiger partial charge in [0.05, 0.1) is 0 Å². The van der Waals surface area contributed by atoms with E-state index >= 15 is 0 Å². The zero-order chi connectivity index (χ0) is 10.4. The number of aliphatic hydroxyl groups excluding tert-OH is 1. The third kappa shape index (κ3) is 3.64. The number of halogens is 1. The van der Waals surface area contributed by atoms with Gasteiger partial charge in [-0.05, 0) is 36.1 Å². The van der Waals surface area contributed by atoms with Crippen LogP contribution in [0.5, 0.6) is 0 Å². The lowest BCUT2D eigenvalue weighted by Crippen LogP contribution is -2.05. The average molecular weight is 275 g/mol. The van der Waals surface area contributed by atoms with Crippen molar-refractivity contribution < 1.29 is 5.11 Å². The van der Waals surface area contributed by atoms with Crippen LogP contribution in [0.3, 0.4) is 0 Å². The van der Waals surface area contributed by atoms with Crippen LogP contribution in [0.25, 0.3) is 0 Å². The largest absolute Gasteiger partial charge is 0.396 e. The molecular formula is C11H15BrOS. The van der Waals surface area contributed by atoms with Crippen LogP contribution in [0.1, 0.15) is 17.9 Å². The normalized spacial score (nSPS) is 12.8. The highest BCUT2D eigenvalue weighted by molar-refractivity contribution is 9.10. The highest BCUT2D eigenvalue weighted by Gasteiger charge is 2.09. The Bertz CT molecular complexity index is 260. The summed E-state index contributed by atoms with van der Waals surface area (Å²) in [7, 11) is 0. The number of aliphatic hydroxyl groups is 1. The Morgan fingerprint density at radius 3 is 2.50 bits per heavy atom. The Hall–Kier alpha value is 0.01000. The van der Waals surface area contributed by atoms with E-state index in [-0.39, 0.29) is 12.5 Å². The highest BCUT2D eigenvalue weighted by atomic mass is 79.9. The van der Waals surface area contributed by atoms with Crippen molar-refractivity contribution in [2.45, 2.75) is 12.3 Å². The van der Waals surface area contributed by atoms with E-state index in [0.717, 1.165) is 16.6 Å². The molecule has 1 unspecified atom stereocenters. The highest BCUT2D eigenvalue weighted by Crippen LogP contribution is 2.22. The van der Waals surface area contributed by atoms with Crippen molar-refractivity contribution >= 4 is 27.7 Å². The summed E-state index contributed by atoms with van der Waals surface area (Å²) in [6.07, 6.45) is 3.13. The van der Waals surface area contributed by atoms with Crippen LogP contribution in [0, 0.1) is 0 Å². The number of hydrogen-bond donors (Lipinski definition) is 1.